The number of carbonyl (C=O) groups excluding carboxylic acids is 1. The lowest BCUT2D eigenvalue weighted by Gasteiger charge is -2.31. The lowest BCUT2D eigenvalue weighted by atomic mass is 9.94. The monoisotopic (exact) mass is 484 g/mol. The fourth-order valence-corrected chi connectivity index (χ4v) is 6.34. The summed E-state index contributed by atoms with van der Waals surface area (Å²) in [6, 6.07) is 7.18. The van der Waals surface area contributed by atoms with Gasteiger partial charge in [-0.05, 0) is 81.0 Å². The molecule has 5 rings (SSSR count). The molecule has 3 heterocycles. The molecule has 1 amide bonds. The Morgan fingerprint density at radius 1 is 1.15 bits per heavy atom. The normalized spacial score (nSPS) is 24.8. The summed E-state index contributed by atoms with van der Waals surface area (Å²) in [7, 11) is 0. The van der Waals surface area contributed by atoms with Crippen LogP contribution in [-0.2, 0) is 21.5 Å². The third-order valence-corrected chi connectivity index (χ3v) is 8.37. The molecule has 2 aliphatic heterocycles. The molecule has 2 aromatic rings. The van der Waals surface area contributed by atoms with Crippen LogP contribution in [0.4, 0.5) is 0 Å². The van der Waals surface area contributed by atoms with Crippen molar-refractivity contribution in [2.45, 2.75) is 88.6 Å². The van der Waals surface area contributed by atoms with Gasteiger partial charge in [0.2, 0.25) is 5.91 Å². The largest absolute Gasteiger partial charge is 0.381 e. The van der Waals surface area contributed by atoms with Crippen LogP contribution < -0.4 is 5.32 Å². The summed E-state index contributed by atoms with van der Waals surface area (Å²) in [5, 5.41) is 3.20. The van der Waals surface area contributed by atoms with E-state index in [1.807, 2.05) is 0 Å². The van der Waals surface area contributed by atoms with Crippen molar-refractivity contribution in [2.75, 3.05) is 26.3 Å². The second-order valence-corrected chi connectivity index (χ2v) is 12.6. The second kappa shape index (κ2) is 10.2. The Kier molecular flexibility index (Phi) is 7.24. The van der Waals surface area contributed by atoms with Crippen LogP contribution in [0.25, 0.3) is 11.0 Å². The number of fused-ring (bicyclic) bond motifs is 1. The highest BCUT2D eigenvalue weighted by molar-refractivity contribution is 7.97. The van der Waals surface area contributed by atoms with Crippen molar-refractivity contribution in [3.05, 3.63) is 24.0 Å². The van der Waals surface area contributed by atoms with Gasteiger partial charge in [0.05, 0.1) is 17.0 Å². The van der Waals surface area contributed by atoms with Crippen LogP contribution >= 0.6 is 11.9 Å². The molecule has 1 aromatic carbocycles. The van der Waals surface area contributed by atoms with Crippen LogP contribution in [0.15, 0.2) is 23.1 Å². The van der Waals surface area contributed by atoms with E-state index in [4.69, 9.17) is 9.72 Å². The van der Waals surface area contributed by atoms with Gasteiger partial charge in [0, 0.05) is 49.2 Å². The molecular formula is C27H40N4O2S. The summed E-state index contributed by atoms with van der Waals surface area (Å²) in [5.41, 5.74) is 2.31. The van der Waals surface area contributed by atoms with E-state index >= 15 is 0 Å². The van der Waals surface area contributed by atoms with Gasteiger partial charge in [0.15, 0.2) is 0 Å². The summed E-state index contributed by atoms with van der Waals surface area (Å²) in [6.07, 6.45) is 7.87. The summed E-state index contributed by atoms with van der Waals surface area (Å²) >= 11 is 1.78. The molecule has 1 aliphatic carbocycles. The zero-order chi connectivity index (χ0) is 23.7. The van der Waals surface area contributed by atoms with E-state index in [1.54, 1.807) is 11.9 Å². The first kappa shape index (κ1) is 24.1. The van der Waals surface area contributed by atoms with Gasteiger partial charge in [-0.1, -0.05) is 20.8 Å². The van der Waals surface area contributed by atoms with E-state index in [-0.39, 0.29) is 17.2 Å². The number of nitrogens with zero attached hydrogens (tertiary/aromatic N) is 3. The lowest BCUT2D eigenvalue weighted by molar-refractivity contribution is -0.126. The second-order valence-electron chi connectivity index (χ2n) is 11.5. The summed E-state index contributed by atoms with van der Waals surface area (Å²) in [5.74, 6) is 2.17. The van der Waals surface area contributed by atoms with Gasteiger partial charge in [-0.2, -0.15) is 0 Å². The SMILES string of the molecule is CC(C)(C)c1nc2cc(SN3CCCC(C(=O)NC4CC4)C3)ccc2n1CC1CCCOCC1. The first-order valence-corrected chi connectivity index (χ1v) is 14.0. The molecule has 2 saturated heterocycles. The Hall–Kier alpha value is -1.57. The predicted molar refractivity (Wildman–Crippen MR) is 138 cm³/mol. The maximum atomic E-state index is 12.6. The smallest absolute Gasteiger partial charge is 0.224 e. The van der Waals surface area contributed by atoms with Crippen molar-refractivity contribution in [3.63, 3.8) is 0 Å². The average Bonchev–Trinajstić information content (AvgIpc) is 3.58. The summed E-state index contributed by atoms with van der Waals surface area (Å²) in [4.78, 5) is 18.9. The van der Waals surface area contributed by atoms with Gasteiger partial charge in [-0.15, -0.1) is 0 Å². The highest BCUT2D eigenvalue weighted by atomic mass is 32.2. The topological polar surface area (TPSA) is 59.4 Å². The van der Waals surface area contributed by atoms with Crippen LogP contribution in [0.2, 0.25) is 0 Å². The molecule has 7 heteroatoms. The van der Waals surface area contributed by atoms with Gasteiger partial charge < -0.3 is 14.6 Å². The standard InChI is InChI=1S/C27H40N4O2S/c1-27(2,3)26-29-23-16-22(10-11-24(23)31(26)17-19-6-5-14-33-15-12-19)34-30-13-4-7-20(18-30)25(32)28-21-8-9-21/h10-11,16,19-21H,4-9,12-15,17-18H2,1-3H3,(H,28,32). The van der Waals surface area contributed by atoms with Gasteiger partial charge >= 0.3 is 0 Å². The van der Waals surface area contributed by atoms with Gasteiger partial charge in [-0.25, -0.2) is 9.29 Å². The number of nitrogens with one attached hydrogen (secondary N) is 1. The Bertz CT molecular complexity index is 1000. The fraction of sp³-hybridized carbons (Fsp3) is 0.704. The molecule has 0 bridgehead atoms. The van der Waals surface area contributed by atoms with Crippen molar-refractivity contribution in [1.29, 1.82) is 0 Å². The number of hydrogen-bond acceptors (Lipinski definition) is 5. The number of benzene rings is 1. The molecule has 1 aromatic heterocycles. The number of hydrogen-bond donors (Lipinski definition) is 1. The number of imidazole rings is 1. The number of ether oxygens (including phenoxy) is 1. The van der Waals surface area contributed by atoms with Crippen molar-refractivity contribution >= 4 is 28.9 Å². The molecule has 0 radical (unpaired) electrons. The zero-order valence-corrected chi connectivity index (χ0v) is 21.8. The number of carbonyl (C=O) groups is 1. The molecule has 0 spiro atoms. The fourth-order valence-electron chi connectivity index (χ4n) is 5.27. The van der Waals surface area contributed by atoms with Gasteiger partial charge in [0.25, 0.3) is 0 Å². The Morgan fingerprint density at radius 3 is 2.79 bits per heavy atom. The van der Waals surface area contributed by atoms with E-state index in [0.717, 1.165) is 76.9 Å². The van der Waals surface area contributed by atoms with E-state index in [1.165, 1.54) is 22.7 Å². The van der Waals surface area contributed by atoms with Crippen molar-refractivity contribution < 1.29 is 9.53 Å². The first-order chi connectivity index (χ1) is 16.4. The minimum absolute atomic E-state index is 0.0113. The van der Waals surface area contributed by atoms with Gasteiger partial charge in [0.1, 0.15) is 5.82 Å². The Morgan fingerprint density at radius 2 is 2.00 bits per heavy atom. The third kappa shape index (κ3) is 5.80. The number of aromatic nitrogens is 2. The maximum Gasteiger partial charge on any atom is 0.224 e. The van der Waals surface area contributed by atoms with E-state index < -0.39 is 0 Å². The third-order valence-electron chi connectivity index (χ3n) is 7.32. The van der Waals surface area contributed by atoms with Crippen molar-refractivity contribution in [1.82, 2.24) is 19.2 Å². The summed E-state index contributed by atoms with van der Waals surface area (Å²) in [6.45, 7) is 11.4. The van der Waals surface area contributed by atoms with Crippen molar-refractivity contribution in [2.24, 2.45) is 11.8 Å². The van der Waals surface area contributed by atoms with Crippen LogP contribution in [0.5, 0.6) is 0 Å². The highest BCUT2D eigenvalue weighted by Crippen LogP contribution is 2.34. The Balaban J connectivity index is 1.32. The lowest BCUT2D eigenvalue weighted by Crippen LogP contribution is -2.41. The molecule has 2 unspecified atom stereocenters. The number of rotatable bonds is 6. The summed E-state index contributed by atoms with van der Waals surface area (Å²) < 4.78 is 10.5. The number of amides is 1. The molecule has 1 N–H and O–H groups in total. The molecule has 186 valence electrons. The predicted octanol–water partition coefficient (Wildman–Crippen LogP) is 5.15. The molecular weight excluding hydrogens is 444 g/mol. The first-order valence-electron chi connectivity index (χ1n) is 13.2. The minimum Gasteiger partial charge on any atom is -0.381 e. The Labute approximate surface area is 208 Å². The molecule has 34 heavy (non-hydrogen) atoms. The highest BCUT2D eigenvalue weighted by Gasteiger charge is 2.31. The van der Waals surface area contributed by atoms with E-state index in [0.29, 0.717) is 12.0 Å². The maximum absolute atomic E-state index is 12.6. The average molecular weight is 485 g/mol. The minimum atomic E-state index is -0.0113. The molecule has 3 aliphatic rings. The van der Waals surface area contributed by atoms with Crippen LogP contribution in [-0.4, -0.2) is 52.1 Å². The zero-order valence-electron chi connectivity index (χ0n) is 21.0. The number of piperidine rings is 1. The van der Waals surface area contributed by atoms with Crippen LogP contribution in [0, 0.1) is 11.8 Å². The molecule has 6 nitrogen and oxygen atoms in total. The van der Waals surface area contributed by atoms with Crippen LogP contribution in [0.1, 0.15) is 71.5 Å². The van der Waals surface area contributed by atoms with Crippen LogP contribution in [0.3, 0.4) is 0 Å². The van der Waals surface area contributed by atoms with E-state index in [9.17, 15) is 4.79 Å². The molecule has 3 fully saturated rings. The molecule has 2 atom stereocenters. The molecule has 1 saturated carbocycles. The van der Waals surface area contributed by atoms with E-state index in [2.05, 4.69) is 53.2 Å². The van der Waals surface area contributed by atoms with Crippen molar-refractivity contribution in [3.8, 4) is 0 Å². The quantitative estimate of drug-likeness (QED) is 0.575. The van der Waals surface area contributed by atoms with Gasteiger partial charge in [-0.3, -0.25) is 4.79 Å².